The van der Waals surface area contributed by atoms with Gasteiger partial charge in [-0.2, -0.15) is 0 Å². The van der Waals surface area contributed by atoms with Crippen LogP contribution in [0.2, 0.25) is 0 Å². The van der Waals surface area contributed by atoms with Crippen LogP contribution in [0.25, 0.3) is 5.76 Å². The molecule has 236 valence electrons. The Morgan fingerprint density at radius 2 is 1.30 bits per heavy atom. The van der Waals surface area contributed by atoms with Gasteiger partial charge in [0, 0.05) is 18.2 Å². The van der Waals surface area contributed by atoms with Crippen molar-refractivity contribution < 1.29 is 79.9 Å². The third-order valence-electron chi connectivity index (χ3n) is 7.43. The third-order valence-corrected chi connectivity index (χ3v) is 7.43. The van der Waals surface area contributed by atoms with Crippen molar-refractivity contribution in [2.75, 3.05) is 13.2 Å². The van der Waals surface area contributed by atoms with Gasteiger partial charge in [-0.1, -0.05) is 0 Å². The summed E-state index contributed by atoms with van der Waals surface area (Å²) in [7, 11) is 0. The van der Waals surface area contributed by atoms with Crippen molar-refractivity contribution in [3.8, 4) is 11.5 Å². The fourth-order valence-corrected chi connectivity index (χ4v) is 5.00. The van der Waals surface area contributed by atoms with E-state index >= 15 is 0 Å². The van der Waals surface area contributed by atoms with Gasteiger partial charge in [0.1, 0.15) is 60.4 Å². The molecule has 12 N–H and O–H groups in total. The van der Waals surface area contributed by atoms with Crippen LogP contribution in [0.5, 0.6) is 11.5 Å². The van der Waals surface area contributed by atoms with E-state index in [1.54, 1.807) is 0 Å². The summed E-state index contributed by atoms with van der Waals surface area (Å²) in [6.07, 6.45) is -13.1. The Morgan fingerprint density at radius 3 is 1.86 bits per heavy atom. The molecule has 3 heterocycles. The van der Waals surface area contributed by atoms with E-state index in [1.165, 1.54) is 30.4 Å². The number of phenolic OH excluding ortho intramolecular Hbond substituents is 1. The molecule has 16 heteroatoms. The number of phenols is 1. The first kappa shape index (κ1) is 31.0. The van der Waals surface area contributed by atoms with Crippen LogP contribution in [0.3, 0.4) is 0 Å². The van der Waals surface area contributed by atoms with Crippen molar-refractivity contribution >= 4 is 5.76 Å². The molecule has 16 nitrogen and oxygen atoms in total. The molecule has 0 radical (unpaired) electrons. The van der Waals surface area contributed by atoms with Crippen LogP contribution >= 0.6 is 0 Å². The predicted octanol–water partition coefficient (Wildman–Crippen LogP) is -3.21. The summed E-state index contributed by atoms with van der Waals surface area (Å²) in [5.41, 5.74) is 0.364. The van der Waals surface area contributed by atoms with Crippen molar-refractivity contribution in [2.45, 2.75) is 67.5 Å². The van der Waals surface area contributed by atoms with Crippen molar-refractivity contribution in [1.82, 2.24) is 0 Å². The maximum absolute atomic E-state index is 10.8. The second kappa shape index (κ2) is 12.3. The van der Waals surface area contributed by atoms with Crippen LogP contribution < -0.4 is 4.74 Å². The van der Waals surface area contributed by atoms with Gasteiger partial charge in [-0.15, -0.1) is 0 Å². The summed E-state index contributed by atoms with van der Waals surface area (Å²) in [5, 5.41) is 111. The molecule has 2 saturated heterocycles. The molecule has 1 aliphatic carbocycles. The Hall–Kier alpha value is -3.42. The van der Waals surface area contributed by atoms with E-state index in [-0.39, 0.29) is 39.9 Å². The standard InChI is InChI=1S/C27H32O16/c28-7-17-19(33)21(35)23(37)26(42-17)40-14-2-1-9(3-13(14)32)25-16(6-11-12(31)4-10(30)5-15(11)39-25)41-27-24(38)22(36)20(34)18(8-29)43-27/h1-6,15,17-24,26-38H,7-8H2/p+1. The van der Waals surface area contributed by atoms with E-state index in [1.807, 2.05) is 0 Å². The second-order valence-electron chi connectivity index (χ2n) is 10.3. The van der Waals surface area contributed by atoms with Crippen molar-refractivity contribution in [1.29, 1.82) is 0 Å². The molecular weight excluding hydrogens is 580 g/mol. The van der Waals surface area contributed by atoms with Crippen molar-refractivity contribution in [2.24, 2.45) is 0 Å². The van der Waals surface area contributed by atoms with Gasteiger partial charge in [-0.3, -0.25) is 0 Å². The first-order valence-electron chi connectivity index (χ1n) is 13.2. The van der Waals surface area contributed by atoms with Crippen LogP contribution in [-0.2, 0) is 14.2 Å². The maximum atomic E-state index is 10.8. The molecule has 11 unspecified atom stereocenters. The van der Waals surface area contributed by atoms with E-state index in [2.05, 4.69) is 4.74 Å². The Labute approximate surface area is 243 Å². The topological polar surface area (TPSA) is 272 Å². The van der Waals surface area contributed by atoms with E-state index < -0.39 is 86.5 Å². The molecular formula is C27H33O16+. The smallest absolute Gasteiger partial charge is 0.305 e. The molecule has 2 fully saturated rings. The zero-order valence-corrected chi connectivity index (χ0v) is 22.2. The number of aliphatic hydroxyl groups excluding tert-OH is 10. The number of ether oxygens (including phenoxy) is 5. The van der Waals surface area contributed by atoms with Crippen LogP contribution in [0.1, 0.15) is 5.56 Å². The molecule has 1 aromatic carbocycles. The Morgan fingerprint density at radius 1 is 0.721 bits per heavy atom. The van der Waals surface area contributed by atoms with E-state index in [4.69, 9.17) is 18.9 Å². The highest BCUT2D eigenvalue weighted by Gasteiger charge is 2.47. The minimum absolute atomic E-state index is 0.0131. The summed E-state index contributed by atoms with van der Waals surface area (Å²) in [6, 6.07) is 3.83. The molecule has 43 heavy (non-hydrogen) atoms. The Bertz CT molecular complexity index is 1320. The number of benzene rings is 1. The number of fused-ring (bicyclic) bond motifs is 1. The normalized spacial score (nSPS) is 37.9. The Balaban J connectivity index is 1.47. The highest BCUT2D eigenvalue weighted by molar-refractivity contribution is 5.69. The molecule has 5 rings (SSSR count). The van der Waals surface area contributed by atoms with Gasteiger partial charge in [0.2, 0.25) is 24.4 Å². The van der Waals surface area contributed by atoms with Crippen molar-refractivity contribution in [3.63, 3.8) is 0 Å². The van der Waals surface area contributed by atoms with Crippen LogP contribution in [0.15, 0.2) is 59.3 Å². The van der Waals surface area contributed by atoms with E-state index in [0.29, 0.717) is 0 Å². The fourth-order valence-electron chi connectivity index (χ4n) is 5.00. The number of rotatable bonds is 7. The first-order valence-corrected chi connectivity index (χ1v) is 13.2. The zero-order chi connectivity index (χ0) is 31.2. The van der Waals surface area contributed by atoms with E-state index in [9.17, 15) is 56.2 Å². The number of aromatic hydroxyl groups is 1. The van der Waals surface area contributed by atoms with E-state index in [0.717, 1.165) is 6.08 Å². The largest absolute Gasteiger partial charge is 0.571 e. The number of aliphatic hydroxyl groups is 12. The fraction of sp³-hybridized carbons (Fsp3) is 0.481. The van der Waals surface area contributed by atoms with Gasteiger partial charge < -0.3 is 79.9 Å². The summed E-state index contributed by atoms with van der Waals surface area (Å²) in [4.78, 5) is 0. The molecule has 3 aliphatic heterocycles. The molecule has 0 aromatic heterocycles. The lowest BCUT2D eigenvalue weighted by Crippen LogP contribution is -2.60. The monoisotopic (exact) mass is 613 g/mol. The quantitative estimate of drug-likeness (QED) is 0.135. The highest BCUT2D eigenvalue weighted by Crippen LogP contribution is 2.39. The average molecular weight is 614 g/mol. The van der Waals surface area contributed by atoms with Gasteiger partial charge in [-0.25, -0.2) is 0 Å². The molecule has 0 bridgehead atoms. The van der Waals surface area contributed by atoms with Gasteiger partial charge in [0.15, 0.2) is 11.5 Å². The lowest BCUT2D eigenvalue weighted by molar-refractivity contribution is -0.290. The average Bonchev–Trinajstić information content (AvgIpc) is 2.98. The predicted molar refractivity (Wildman–Crippen MR) is 140 cm³/mol. The van der Waals surface area contributed by atoms with Crippen molar-refractivity contribution in [3.05, 3.63) is 64.8 Å². The molecule has 11 atom stereocenters. The minimum atomic E-state index is -1.77. The minimum Gasteiger partial charge on any atom is -0.571 e. The van der Waals surface area contributed by atoms with Gasteiger partial charge in [0.25, 0.3) is 0 Å². The molecule has 4 aliphatic rings. The van der Waals surface area contributed by atoms with Gasteiger partial charge >= 0.3 is 5.76 Å². The first-order chi connectivity index (χ1) is 20.4. The number of allylic oxidation sites excluding steroid dienone is 2. The Kier molecular flexibility index (Phi) is 8.87. The van der Waals surface area contributed by atoms with Crippen LogP contribution in [0.4, 0.5) is 0 Å². The SMILES string of the molecule is OCC1OC(OC2=C(c3ccc(OC4OC(CO)C(O)C(O)C4O)c(O)c3)[OH+]C3C=C(O)C=C(O)C3=C2)C(O)C(O)C1O. The van der Waals surface area contributed by atoms with Gasteiger partial charge in [0.05, 0.1) is 30.4 Å². The van der Waals surface area contributed by atoms with Gasteiger partial charge in [-0.05, 0) is 12.1 Å². The molecule has 0 amide bonds. The van der Waals surface area contributed by atoms with Crippen LogP contribution in [-0.4, -0.2) is 142 Å². The lowest BCUT2D eigenvalue weighted by atomic mass is 9.96. The lowest BCUT2D eigenvalue weighted by Gasteiger charge is -2.40. The number of hydrogen-bond donors (Lipinski definition) is 11. The summed E-state index contributed by atoms with van der Waals surface area (Å²) >= 11 is 0. The molecule has 0 saturated carbocycles. The highest BCUT2D eigenvalue weighted by atomic mass is 16.7. The molecule has 1 aromatic rings. The molecule has 0 spiro atoms. The van der Waals surface area contributed by atoms with Crippen LogP contribution in [0, 0.1) is 0 Å². The second-order valence-corrected chi connectivity index (χ2v) is 10.3. The summed E-state index contributed by atoms with van der Waals surface area (Å²) < 4.78 is 26.6. The zero-order valence-electron chi connectivity index (χ0n) is 22.2. The number of hydrogen-bond acceptors (Lipinski definition) is 15. The maximum Gasteiger partial charge on any atom is 0.305 e. The summed E-state index contributed by atoms with van der Waals surface area (Å²) in [6.45, 7) is -1.39. The third kappa shape index (κ3) is 5.89. The summed E-state index contributed by atoms with van der Waals surface area (Å²) in [5.74, 6) is -1.47.